The molecule has 4 nitrogen and oxygen atoms in total. The molecule has 18 heavy (non-hydrogen) atoms. The number of aliphatic carboxylic acids is 1. The van der Waals surface area contributed by atoms with Gasteiger partial charge in [0, 0.05) is 11.6 Å². The normalized spacial score (nSPS) is 11.9. The maximum atomic E-state index is 13.0. The van der Waals surface area contributed by atoms with Crippen LogP contribution in [0.25, 0.3) is 0 Å². The van der Waals surface area contributed by atoms with Gasteiger partial charge in [-0.05, 0) is 40.5 Å². The second-order valence-electron chi connectivity index (χ2n) is 3.81. The molecule has 0 aliphatic rings. The van der Waals surface area contributed by atoms with E-state index in [1.54, 1.807) is 6.92 Å². The van der Waals surface area contributed by atoms with Crippen molar-refractivity contribution in [1.82, 2.24) is 5.32 Å². The van der Waals surface area contributed by atoms with Gasteiger partial charge in [0.15, 0.2) is 0 Å². The summed E-state index contributed by atoms with van der Waals surface area (Å²) in [6.45, 7) is 1.79. The Labute approximate surface area is 112 Å². The lowest BCUT2D eigenvalue weighted by molar-refractivity contribution is -0.137. The highest BCUT2D eigenvalue weighted by molar-refractivity contribution is 9.10. The standard InChI is InChI=1S/C12H13BrFNO3/c1-2-8(6-11(16)17)15-12(18)7-3-4-10(14)9(13)5-7/h3-5,8H,2,6H2,1H3,(H,15,18)(H,16,17). The third-order valence-electron chi connectivity index (χ3n) is 2.43. The summed E-state index contributed by atoms with van der Waals surface area (Å²) in [5, 5.41) is 11.3. The first-order valence-corrected chi connectivity index (χ1v) is 6.21. The van der Waals surface area contributed by atoms with Crippen LogP contribution in [0.4, 0.5) is 4.39 Å². The second-order valence-corrected chi connectivity index (χ2v) is 4.66. The van der Waals surface area contributed by atoms with Crippen molar-refractivity contribution in [3.8, 4) is 0 Å². The summed E-state index contributed by atoms with van der Waals surface area (Å²) in [4.78, 5) is 22.4. The Morgan fingerprint density at radius 1 is 1.50 bits per heavy atom. The van der Waals surface area contributed by atoms with Crippen molar-refractivity contribution in [2.24, 2.45) is 0 Å². The van der Waals surface area contributed by atoms with E-state index in [-0.39, 0.29) is 16.5 Å². The van der Waals surface area contributed by atoms with Crippen LogP contribution in [0.5, 0.6) is 0 Å². The van der Waals surface area contributed by atoms with E-state index in [0.717, 1.165) is 0 Å². The van der Waals surface area contributed by atoms with Gasteiger partial charge in [-0.1, -0.05) is 6.92 Å². The van der Waals surface area contributed by atoms with Crippen LogP contribution in [0.15, 0.2) is 22.7 Å². The van der Waals surface area contributed by atoms with Gasteiger partial charge in [0.25, 0.3) is 5.91 Å². The van der Waals surface area contributed by atoms with E-state index in [2.05, 4.69) is 21.2 Å². The van der Waals surface area contributed by atoms with Gasteiger partial charge in [-0.15, -0.1) is 0 Å². The van der Waals surface area contributed by atoms with E-state index < -0.39 is 23.7 Å². The van der Waals surface area contributed by atoms with Gasteiger partial charge >= 0.3 is 5.97 Å². The molecule has 0 radical (unpaired) electrons. The molecular weight excluding hydrogens is 305 g/mol. The molecule has 1 aromatic carbocycles. The molecule has 0 aromatic heterocycles. The van der Waals surface area contributed by atoms with E-state index in [4.69, 9.17) is 5.11 Å². The van der Waals surface area contributed by atoms with E-state index >= 15 is 0 Å². The number of carbonyl (C=O) groups is 2. The van der Waals surface area contributed by atoms with Gasteiger partial charge in [0.2, 0.25) is 0 Å². The monoisotopic (exact) mass is 317 g/mol. The van der Waals surface area contributed by atoms with Crippen LogP contribution < -0.4 is 5.32 Å². The summed E-state index contributed by atoms with van der Waals surface area (Å²) >= 11 is 2.99. The summed E-state index contributed by atoms with van der Waals surface area (Å²) in [5.74, 6) is -1.84. The fourth-order valence-electron chi connectivity index (χ4n) is 1.41. The minimum atomic E-state index is -0.970. The molecule has 98 valence electrons. The predicted molar refractivity (Wildman–Crippen MR) is 67.9 cm³/mol. The number of carboxylic acids is 1. The van der Waals surface area contributed by atoms with E-state index in [1.165, 1.54) is 18.2 Å². The molecule has 6 heteroatoms. The van der Waals surface area contributed by atoms with Crippen molar-refractivity contribution in [3.63, 3.8) is 0 Å². The van der Waals surface area contributed by atoms with Gasteiger partial charge in [0.1, 0.15) is 5.82 Å². The smallest absolute Gasteiger partial charge is 0.305 e. The Bertz CT molecular complexity index is 465. The molecule has 1 rings (SSSR count). The first-order valence-electron chi connectivity index (χ1n) is 5.41. The topological polar surface area (TPSA) is 66.4 Å². The number of benzene rings is 1. The Morgan fingerprint density at radius 3 is 2.67 bits per heavy atom. The number of halogens is 2. The molecule has 1 atom stereocenters. The molecule has 0 saturated heterocycles. The fraction of sp³-hybridized carbons (Fsp3) is 0.333. The van der Waals surface area contributed by atoms with Crippen LogP contribution in [0, 0.1) is 5.82 Å². The molecule has 1 amide bonds. The van der Waals surface area contributed by atoms with Crippen molar-refractivity contribution in [2.45, 2.75) is 25.8 Å². The Kier molecular flexibility index (Phi) is 5.27. The van der Waals surface area contributed by atoms with Crippen molar-refractivity contribution in [1.29, 1.82) is 0 Å². The highest BCUT2D eigenvalue weighted by atomic mass is 79.9. The van der Waals surface area contributed by atoms with Crippen LogP contribution in [-0.2, 0) is 4.79 Å². The molecule has 2 N–H and O–H groups in total. The molecule has 0 bridgehead atoms. The van der Waals surface area contributed by atoms with Crippen LogP contribution >= 0.6 is 15.9 Å². The average Bonchev–Trinajstić information content (AvgIpc) is 2.31. The third-order valence-corrected chi connectivity index (χ3v) is 3.04. The molecule has 1 aromatic rings. The van der Waals surface area contributed by atoms with Gasteiger partial charge in [-0.3, -0.25) is 9.59 Å². The predicted octanol–water partition coefficient (Wildman–Crippen LogP) is 2.57. The highest BCUT2D eigenvalue weighted by Crippen LogP contribution is 2.17. The summed E-state index contributed by atoms with van der Waals surface area (Å²) in [6, 6.07) is 3.46. The molecule has 0 aliphatic carbocycles. The minimum absolute atomic E-state index is 0.134. The molecule has 0 heterocycles. The van der Waals surface area contributed by atoms with Crippen LogP contribution in [0.1, 0.15) is 30.1 Å². The number of hydrogen-bond acceptors (Lipinski definition) is 2. The number of carbonyl (C=O) groups excluding carboxylic acids is 1. The van der Waals surface area contributed by atoms with Crippen LogP contribution in [-0.4, -0.2) is 23.0 Å². The maximum absolute atomic E-state index is 13.0. The van der Waals surface area contributed by atoms with Gasteiger partial charge < -0.3 is 10.4 Å². The lowest BCUT2D eigenvalue weighted by atomic mass is 10.1. The maximum Gasteiger partial charge on any atom is 0.305 e. The Balaban J connectivity index is 2.74. The van der Waals surface area contributed by atoms with E-state index in [9.17, 15) is 14.0 Å². The number of carboxylic acid groups (broad SMARTS) is 1. The van der Waals surface area contributed by atoms with Crippen molar-refractivity contribution in [3.05, 3.63) is 34.1 Å². The van der Waals surface area contributed by atoms with Crippen LogP contribution in [0.3, 0.4) is 0 Å². The number of hydrogen-bond donors (Lipinski definition) is 2. The third kappa shape index (κ3) is 4.10. The summed E-state index contributed by atoms with van der Waals surface area (Å²) < 4.78 is 13.2. The zero-order valence-electron chi connectivity index (χ0n) is 9.74. The Morgan fingerprint density at radius 2 is 2.17 bits per heavy atom. The SMILES string of the molecule is CCC(CC(=O)O)NC(=O)c1ccc(F)c(Br)c1. The van der Waals surface area contributed by atoms with E-state index in [1.807, 2.05) is 0 Å². The van der Waals surface area contributed by atoms with Crippen molar-refractivity contribution >= 4 is 27.8 Å². The molecule has 0 aliphatic heterocycles. The lowest BCUT2D eigenvalue weighted by Crippen LogP contribution is -2.36. The first-order chi connectivity index (χ1) is 8.43. The molecule has 0 spiro atoms. The fourth-order valence-corrected chi connectivity index (χ4v) is 1.79. The van der Waals surface area contributed by atoms with Crippen LogP contribution in [0.2, 0.25) is 0 Å². The largest absolute Gasteiger partial charge is 0.481 e. The second kappa shape index (κ2) is 6.49. The summed E-state index contributed by atoms with van der Waals surface area (Å²) in [6.07, 6.45) is 0.380. The van der Waals surface area contributed by atoms with Gasteiger partial charge in [-0.25, -0.2) is 4.39 Å². The van der Waals surface area contributed by atoms with Crippen molar-refractivity contribution < 1.29 is 19.1 Å². The zero-order valence-corrected chi connectivity index (χ0v) is 11.3. The van der Waals surface area contributed by atoms with Crippen molar-refractivity contribution in [2.75, 3.05) is 0 Å². The zero-order chi connectivity index (χ0) is 13.7. The number of rotatable bonds is 5. The number of nitrogens with one attached hydrogen (secondary N) is 1. The molecule has 0 fully saturated rings. The molecule has 0 saturated carbocycles. The average molecular weight is 318 g/mol. The molecule has 1 unspecified atom stereocenters. The molecular formula is C12H13BrFNO3. The first kappa shape index (κ1) is 14.6. The van der Waals surface area contributed by atoms with Gasteiger partial charge in [0.05, 0.1) is 10.9 Å². The highest BCUT2D eigenvalue weighted by Gasteiger charge is 2.15. The lowest BCUT2D eigenvalue weighted by Gasteiger charge is -2.14. The Hall–Kier alpha value is -1.43. The van der Waals surface area contributed by atoms with E-state index in [0.29, 0.717) is 6.42 Å². The number of amides is 1. The summed E-state index contributed by atoms with van der Waals surface area (Å²) in [7, 11) is 0. The minimum Gasteiger partial charge on any atom is -0.481 e. The quantitative estimate of drug-likeness (QED) is 0.877. The van der Waals surface area contributed by atoms with Gasteiger partial charge in [-0.2, -0.15) is 0 Å². The summed E-state index contributed by atoms with van der Waals surface area (Å²) in [5.41, 5.74) is 0.284.